The Kier molecular flexibility index (Phi) is 5.93. The molecule has 1 aromatic heterocycles. The number of carbonyl (C=O) groups is 1. The van der Waals surface area contributed by atoms with Crippen LogP contribution in [0.4, 0.5) is 11.5 Å². The van der Waals surface area contributed by atoms with Gasteiger partial charge in [-0.25, -0.2) is 4.98 Å². The average Bonchev–Trinajstić information content (AvgIpc) is 2.52. The van der Waals surface area contributed by atoms with Crippen LogP contribution in [0.3, 0.4) is 0 Å². The number of nitrogens with two attached hydrogens (primary N) is 1. The fourth-order valence-electron chi connectivity index (χ4n) is 1.80. The molecule has 0 aliphatic rings. The van der Waals surface area contributed by atoms with Crippen LogP contribution in [0, 0.1) is 0 Å². The number of rotatable bonds is 6. The lowest BCUT2D eigenvalue weighted by Crippen LogP contribution is -2.16. The summed E-state index contributed by atoms with van der Waals surface area (Å²) in [6, 6.07) is 4.26. The maximum absolute atomic E-state index is 12.1. The third-order valence-corrected chi connectivity index (χ3v) is 4.00. The molecule has 4 N–H and O–H groups in total. The SMILES string of the molecule is COc1cc(OC)c(NC(=O)CSc2nc(N)cc(=O)[nH]2)cc1Cl. The molecule has 2 rings (SSSR count). The number of H-pyrrole nitrogens is 1. The minimum atomic E-state index is -0.381. The third-order valence-electron chi connectivity index (χ3n) is 2.83. The third kappa shape index (κ3) is 4.56. The standard InChI is InChI=1S/C14H15ClN4O4S/c1-22-9-4-10(23-2)8(3-7(9)15)17-13(21)6-24-14-18-11(16)5-12(20)19-14/h3-5H,6H2,1-2H3,(H,17,21)(H3,16,18,19,20). The molecule has 2 aromatic rings. The number of anilines is 2. The highest BCUT2D eigenvalue weighted by atomic mass is 35.5. The maximum atomic E-state index is 12.1. The first-order valence-electron chi connectivity index (χ1n) is 6.64. The highest BCUT2D eigenvalue weighted by molar-refractivity contribution is 7.99. The van der Waals surface area contributed by atoms with Crippen LogP contribution in [0.2, 0.25) is 5.02 Å². The summed E-state index contributed by atoms with van der Waals surface area (Å²) in [6.45, 7) is 0. The summed E-state index contributed by atoms with van der Waals surface area (Å²) in [4.78, 5) is 29.8. The second kappa shape index (κ2) is 7.93. The number of methoxy groups -OCH3 is 2. The summed E-state index contributed by atoms with van der Waals surface area (Å²) in [6.07, 6.45) is 0. The highest BCUT2D eigenvalue weighted by Gasteiger charge is 2.13. The van der Waals surface area contributed by atoms with Crippen molar-refractivity contribution in [1.29, 1.82) is 0 Å². The van der Waals surface area contributed by atoms with E-state index in [1.54, 1.807) is 6.07 Å². The normalized spacial score (nSPS) is 10.3. The zero-order valence-electron chi connectivity index (χ0n) is 12.9. The number of hydrogen-bond donors (Lipinski definition) is 3. The molecule has 0 unspecified atom stereocenters. The van der Waals surface area contributed by atoms with Crippen molar-refractivity contribution in [3.63, 3.8) is 0 Å². The van der Waals surface area contributed by atoms with Gasteiger partial charge in [0.1, 0.15) is 17.3 Å². The van der Waals surface area contributed by atoms with E-state index in [0.29, 0.717) is 22.2 Å². The topological polar surface area (TPSA) is 119 Å². The Morgan fingerprint density at radius 2 is 2.04 bits per heavy atom. The Labute approximate surface area is 146 Å². The molecule has 8 nitrogen and oxygen atoms in total. The van der Waals surface area contributed by atoms with Gasteiger partial charge < -0.3 is 25.5 Å². The van der Waals surface area contributed by atoms with E-state index in [9.17, 15) is 9.59 Å². The number of hydrogen-bond acceptors (Lipinski definition) is 7. The van der Waals surface area contributed by atoms with Gasteiger partial charge in [-0.15, -0.1) is 0 Å². The Hall–Kier alpha value is -2.39. The van der Waals surface area contributed by atoms with Crippen LogP contribution in [-0.2, 0) is 4.79 Å². The van der Waals surface area contributed by atoms with Crippen LogP contribution in [0.15, 0.2) is 28.2 Å². The van der Waals surface area contributed by atoms with E-state index in [4.69, 9.17) is 26.8 Å². The van der Waals surface area contributed by atoms with Crippen LogP contribution >= 0.6 is 23.4 Å². The molecule has 1 heterocycles. The summed E-state index contributed by atoms with van der Waals surface area (Å²) in [5, 5.41) is 3.27. The van der Waals surface area contributed by atoms with Gasteiger partial charge in [0.05, 0.1) is 30.7 Å². The van der Waals surface area contributed by atoms with Gasteiger partial charge in [-0.2, -0.15) is 0 Å². The summed E-state index contributed by atoms with van der Waals surface area (Å²) in [5.41, 5.74) is 5.51. The largest absolute Gasteiger partial charge is 0.495 e. The molecule has 0 atom stereocenters. The highest BCUT2D eigenvalue weighted by Crippen LogP contribution is 2.35. The Balaban J connectivity index is 2.07. The molecule has 0 aliphatic carbocycles. The van der Waals surface area contributed by atoms with E-state index in [-0.39, 0.29) is 28.2 Å². The van der Waals surface area contributed by atoms with Crippen LogP contribution in [-0.4, -0.2) is 35.8 Å². The molecule has 0 bridgehead atoms. The fraction of sp³-hybridized carbons (Fsp3) is 0.214. The van der Waals surface area contributed by atoms with E-state index in [1.807, 2.05) is 0 Å². The van der Waals surface area contributed by atoms with Crippen molar-refractivity contribution in [3.05, 3.63) is 33.6 Å². The Bertz CT molecular complexity index is 812. The second-order valence-electron chi connectivity index (χ2n) is 4.50. The summed E-state index contributed by atoms with van der Waals surface area (Å²) in [7, 11) is 2.95. The monoisotopic (exact) mass is 370 g/mol. The molecule has 0 radical (unpaired) electrons. The first-order chi connectivity index (χ1) is 11.4. The van der Waals surface area contributed by atoms with Gasteiger partial charge in [-0.05, 0) is 6.07 Å². The number of aromatic nitrogens is 2. The quantitative estimate of drug-likeness (QED) is 0.523. The van der Waals surface area contributed by atoms with Crippen LogP contribution < -0.4 is 26.1 Å². The van der Waals surface area contributed by atoms with Gasteiger partial charge in [-0.3, -0.25) is 9.59 Å². The van der Waals surface area contributed by atoms with Crippen LogP contribution in [0.5, 0.6) is 11.5 Å². The summed E-state index contributed by atoms with van der Waals surface area (Å²) >= 11 is 7.09. The number of nitrogens with zero attached hydrogens (tertiary/aromatic N) is 1. The molecule has 1 aromatic carbocycles. The lowest BCUT2D eigenvalue weighted by Gasteiger charge is -2.13. The van der Waals surface area contributed by atoms with Crippen molar-refractivity contribution in [2.75, 3.05) is 31.0 Å². The number of nitrogen functional groups attached to an aromatic ring is 1. The first-order valence-corrected chi connectivity index (χ1v) is 8.00. The molecular weight excluding hydrogens is 356 g/mol. The number of thioether (sulfide) groups is 1. The van der Waals surface area contributed by atoms with E-state index in [0.717, 1.165) is 17.8 Å². The van der Waals surface area contributed by atoms with Gasteiger partial charge in [-0.1, -0.05) is 23.4 Å². The average molecular weight is 371 g/mol. The number of halogens is 1. The van der Waals surface area contributed by atoms with Crippen molar-refractivity contribution < 1.29 is 14.3 Å². The zero-order valence-corrected chi connectivity index (χ0v) is 14.5. The number of carbonyl (C=O) groups excluding carboxylic acids is 1. The Morgan fingerprint density at radius 1 is 1.33 bits per heavy atom. The Morgan fingerprint density at radius 3 is 2.67 bits per heavy atom. The van der Waals surface area contributed by atoms with Crippen molar-refractivity contribution in [3.8, 4) is 11.5 Å². The van der Waals surface area contributed by atoms with Crippen LogP contribution in [0.1, 0.15) is 0 Å². The molecule has 10 heteroatoms. The number of benzene rings is 1. The fourth-order valence-corrected chi connectivity index (χ4v) is 2.72. The molecule has 0 saturated carbocycles. The van der Waals surface area contributed by atoms with E-state index < -0.39 is 0 Å². The molecule has 24 heavy (non-hydrogen) atoms. The smallest absolute Gasteiger partial charge is 0.253 e. The zero-order chi connectivity index (χ0) is 17.7. The lowest BCUT2D eigenvalue weighted by molar-refractivity contribution is -0.113. The van der Waals surface area contributed by atoms with Crippen molar-refractivity contribution >= 4 is 40.8 Å². The van der Waals surface area contributed by atoms with Gasteiger partial charge >= 0.3 is 0 Å². The van der Waals surface area contributed by atoms with Crippen LogP contribution in [0.25, 0.3) is 0 Å². The minimum absolute atomic E-state index is 0.0131. The molecule has 0 spiro atoms. The van der Waals surface area contributed by atoms with Crippen molar-refractivity contribution in [2.24, 2.45) is 0 Å². The molecule has 0 saturated heterocycles. The van der Waals surface area contributed by atoms with Gasteiger partial charge in [0.2, 0.25) is 5.91 Å². The van der Waals surface area contributed by atoms with E-state index in [1.165, 1.54) is 20.3 Å². The molecule has 128 valence electrons. The lowest BCUT2D eigenvalue weighted by atomic mass is 10.2. The van der Waals surface area contributed by atoms with Gasteiger partial charge in [0.15, 0.2) is 5.16 Å². The minimum Gasteiger partial charge on any atom is -0.495 e. The van der Waals surface area contributed by atoms with E-state index >= 15 is 0 Å². The molecule has 1 amide bonds. The first kappa shape index (κ1) is 18.0. The summed E-state index contributed by atoms with van der Waals surface area (Å²) < 4.78 is 10.3. The number of aromatic amines is 1. The number of ether oxygens (including phenoxy) is 2. The predicted octanol–water partition coefficient (Wildman–Crippen LogP) is 1.75. The van der Waals surface area contributed by atoms with Crippen molar-refractivity contribution in [2.45, 2.75) is 5.16 Å². The number of nitrogens with one attached hydrogen (secondary N) is 2. The van der Waals surface area contributed by atoms with Gasteiger partial charge in [0.25, 0.3) is 5.56 Å². The number of amides is 1. The molecule has 0 fully saturated rings. The summed E-state index contributed by atoms with van der Waals surface area (Å²) in [5.74, 6) is 0.613. The molecular formula is C14H15ClN4O4S. The second-order valence-corrected chi connectivity index (χ2v) is 5.87. The van der Waals surface area contributed by atoms with Crippen molar-refractivity contribution in [1.82, 2.24) is 9.97 Å². The van der Waals surface area contributed by atoms with Gasteiger partial charge in [0, 0.05) is 12.1 Å². The predicted molar refractivity (Wildman–Crippen MR) is 93.2 cm³/mol. The molecule has 0 aliphatic heterocycles. The maximum Gasteiger partial charge on any atom is 0.253 e. The van der Waals surface area contributed by atoms with E-state index in [2.05, 4.69) is 15.3 Å².